The van der Waals surface area contributed by atoms with Gasteiger partial charge in [-0.05, 0) is 58.3 Å². The molecule has 0 bridgehead atoms. The Morgan fingerprint density at radius 2 is 1.82 bits per heavy atom. The van der Waals surface area contributed by atoms with Crippen molar-refractivity contribution in [3.63, 3.8) is 0 Å². The van der Waals surface area contributed by atoms with Gasteiger partial charge < -0.3 is 4.43 Å². The zero-order valence-electron chi connectivity index (χ0n) is 16.9. The second-order valence-corrected chi connectivity index (χ2v) is 13.8. The van der Waals surface area contributed by atoms with Gasteiger partial charge in [-0.1, -0.05) is 39.0 Å². The number of nitrogens with zero attached hydrogens (tertiary/aromatic N) is 4. The summed E-state index contributed by atoms with van der Waals surface area (Å²) in [4.78, 5) is 8.97. The minimum absolute atomic E-state index is 0.100. The molecule has 0 radical (unpaired) electrons. The van der Waals surface area contributed by atoms with Crippen LogP contribution in [0.3, 0.4) is 0 Å². The van der Waals surface area contributed by atoms with Gasteiger partial charge >= 0.3 is 0 Å². The Morgan fingerprint density at radius 3 is 2.50 bits per heavy atom. The highest BCUT2D eigenvalue weighted by molar-refractivity contribution is 9.10. The molecule has 0 fully saturated rings. The van der Waals surface area contributed by atoms with Crippen molar-refractivity contribution >= 4 is 41.0 Å². The maximum absolute atomic E-state index is 6.60. The van der Waals surface area contributed by atoms with Gasteiger partial charge in [0.2, 0.25) is 0 Å². The van der Waals surface area contributed by atoms with E-state index in [9.17, 15) is 0 Å². The Morgan fingerprint density at radius 1 is 1.07 bits per heavy atom. The van der Waals surface area contributed by atoms with Crippen LogP contribution in [-0.4, -0.2) is 18.3 Å². The molecule has 0 saturated heterocycles. The van der Waals surface area contributed by atoms with E-state index >= 15 is 0 Å². The van der Waals surface area contributed by atoms with E-state index in [0.717, 1.165) is 26.8 Å². The number of benzene rings is 1. The molecule has 5 nitrogen and oxygen atoms in total. The Balaban J connectivity index is 1.93. The molecule has 28 heavy (non-hydrogen) atoms. The van der Waals surface area contributed by atoms with Crippen LogP contribution in [0.4, 0.5) is 5.82 Å². The predicted molar refractivity (Wildman–Crippen MR) is 120 cm³/mol. The van der Waals surface area contributed by atoms with Crippen molar-refractivity contribution < 1.29 is 4.43 Å². The first-order chi connectivity index (χ1) is 13.2. The van der Waals surface area contributed by atoms with Gasteiger partial charge in [-0.25, -0.2) is 9.97 Å². The van der Waals surface area contributed by atoms with E-state index in [1.165, 1.54) is 0 Å². The van der Waals surface area contributed by atoms with E-state index < -0.39 is 8.32 Å². The number of aromatic nitrogens is 2. The zero-order valence-corrected chi connectivity index (χ0v) is 19.5. The van der Waals surface area contributed by atoms with Crippen LogP contribution in [0.2, 0.25) is 18.1 Å². The van der Waals surface area contributed by atoms with E-state index in [1.807, 2.05) is 36.4 Å². The average molecular weight is 457 g/mol. The summed E-state index contributed by atoms with van der Waals surface area (Å²) in [5, 5.41) is 9.54. The molecule has 0 atom stereocenters. The Kier molecular flexibility index (Phi) is 5.95. The number of fused-ring (bicyclic) bond motifs is 1. The minimum Gasteiger partial charge on any atom is -0.541 e. The van der Waals surface area contributed by atoms with Crippen LogP contribution in [0.1, 0.15) is 26.5 Å². The Hall–Kier alpha value is -2.12. The summed E-state index contributed by atoms with van der Waals surface area (Å²) in [6, 6.07) is 13.7. The van der Waals surface area contributed by atoms with Gasteiger partial charge in [0.25, 0.3) is 8.32 Å². The number of azo groups is 1. The third-order valence-corrected chi connectivity index (χ3v) is 10.00. The summed E-state index contributed by atoms with van der Waals surface area (Å²) >= 11 is 3.65. The summed E-state index contributed by atoms with van der Waals surface area (Å²) in [5.74, 6) is 1.40. The molecule has 2 aromatic heterocycles. The lowest BCUT2D eigenvalue weighted by atomic mass is 10.2. The van der Waals surface area contributed by atoms with Crippen molar-refractivity contribution in [1.29, 1.82) is 0 Å². The van der Waals surface area contributed by atoms with Crippen LogP contribution in [-0.2, 0) is 6.54 Å². The van der Waals surface area contributed by atoms with Gasteiger partial charge in [0.15, 0.2) is 5.82 Å². The molecule has 0 spiro atoms. The van der Waals surface area contributed by atoms with E-state index in [1.54, 1.807) is 6.20 Å². The van der Waals surface area contributed by atoms with E-state index in [4.69, 9.17) is 9.41 Å². The smallest absolute Gasteiger partial charge is 0.250 e. The molecule has 0 unspecified atom stereocenters. The lowest BCUT2D eigenvalue weighted by molar-refractivity contribution is 0.493. The highest BCUT2D eigenvalue weighted by atomic mass is 79.9. The molecule has 2 heterocycles. The molecule has 0 amide bonds. The van der Waals surface area contributed by atoms with E-state index in [2.05, 4.69) is 71.1 Å². The van der Waals surface area contributed by atoms with Crippen LogP contribution in [0.15, 0.2) is 63.4 Å². The maximum atomic E-state index is 6.60. The molecular formula is C21H25BrN4OSi. The summed E-state index contributed by atoms with van der Waals surface area (Å²) in [7, 11) is -2.00. The van der Waals surface area contributed by atoms with Crippen molar-refractivity contribution in [2.75, 3.05) is 0 Å². The first-order valence-corrected chi connectivity index (χ1v) is 12.9. The topological polar surface area (TPSA) is 59.7 Å². The number of halogens is 1. The van der Waals surface area contributed by atoms with Crippen molar-refractivity contribution in [2.24, 2.45) is 10.2 Å². The first-order valence-electron chi connectivity index (χ1n) is 9.23. The molecule has 146 valence electrons. The summed E-state index contributed by atoms with van der Waals surface area (Å²) in [6.45, 7) is 11.6. The summed E-state index contributed by atoms with van der Waals surface area (Å²) in [5.41, 5.74) is 1.69. The van der Waals surface area contributed by atoms with Crippen molar-refractivity contribution in [2.45, 2.75) is 45.4 Å². The Labute approximate surface area is 175 Å². The third-order valence-electron chi connectivity index (χ3n) is 5.04. The van der Waals surface area contributed by atoms with Crippen molar-refractivity contribution in [1.82, 2.24) is 9.97 Å². The molecular weight excluding hydrogens is 432 g/mol. The largest absolute Gasteiger partial charge is 0.541 e. The van der Waals surface area contributed by atoms with Crippen molar-refractivity contribution in [3.05, 3.63) is 58.8 Å². The van der Waals surface area contributed by atoms with Gasteiger partial charge in [-0.3, -0.25) is 0 Å². The first kappa shape index (κ1) is 20.6. The van der Waals surface area contributed by atoms with E-state index in [-0.39, 0.29) is 5.04 Å². The number of hydrogen-bond acceptors (Lipinski definition) is 5. The second-order valence-electron chi connectivity index (χ2n) is 8.20. The van der Waals surface area contributed by atoms with Gasteiger partial charge in [-0.15, -0.1) is 5.11 Å². The molecule has 0 saturated carbocycles. The van der Waals surface area contributed by atoms with Crippen molar-refractivity contribution in [3.8, 4) is 5.75 Å². The Bertz CT molecular complexity index is 1000. The van der Waals surface area contributed by atoms with Crippen LogP contribution in [0.25, 0.3) is 10.9 Å². The van der Waals surface area contributed by atoms with Crippen LogP contribution >= 0.6 is 15.9 Å². The molecule has 1 aromatic carbocycles. The molecule has 0 N–H and O–H groups in total. The highest BCUT2D eigenvalue weighted by Crippen LogP contribution is 2.41. The fraction of sp³-hybridized carbons (Fsp3) is 0.333. The number of pyridine rings is 2. The van der Waals surface area contributed by atoms with Gasteiger partial charge in [0.05, 0.1) is 10.2 Å². The SMILES string of the molecule is CC(C)(C)[Si](C)(C)Oc1c(Br)ccc2ccc(CN=Nc3ccccn3)nc12. The lowest BCUT2D eigenvalue weighted by Crippen LogP contribution is -2.44. The predicted octanol–water partition coefficient (Wildman–Crippen LogP) is 7.06. The van der Waals surface area contributed by atoms with Crippen LogP contribution in [0, 0.1) is 0 Å². The monoisotopic (exact) mass is 456 g/mol. The van der Waals surface area contributed by atoms with Crippen LogP contribution < -0.4 is 4.43 Å². The quantitative estimate of drug-likeness (QED) is 0.304. The minimum atomic E-state index is -2.00. The third kappa shape index (κ3) is 4.64. The average Bonchev–Trinajstić information content (AvgIpc) is 2.64. The fourth-order valence-electron chi connectivity index (χ4n) is 2.36. The molecule has 0 aliphatic heterocycles. The summed E-state index contributed by atoms with van der Waals surface area (Å²) < 4.78 is 7.53. The van der Waals surface area contributed by atoms with Crippen LogP contribution in [0.5, 0.6) is 5.75 Å². The van der Waals surface area contributed by atoms with Gasteiger partial charge in [0.1, 0.15) is 17.8 Å². The zero-order chi connectivity index (χ0) is 20.4. The standard InChI is InChI=1S/C21H25BrN4OSi/c1-21(2,3)28(4,5)27-20-17(22)12-10-15-9-11-16(25-19(15)20)14-24-26-18-8-6-7-13-23-18/h6-13H,14H2,1-5H3. The van der Waals surface area contributed by atoms with E-state index in [0.29, 0.717) is 12.4 Å². The number of hydrogen-bond donors (Lipinski definition) is 0. The normalized spacial score (nSPS) is 12.6. The molecule has 3 rings (SSSR count). The molecule has 0 aliphatic rings. The highest BCUT2D eigenvalue weighted by Gasteiger charge is 2.39. The molecule has 3 aromatic rings. The molecule has 7 heteroatoms. The molecule has 0 aliphatic carbocycles. The number of rotatable bonds is 5. The summed E-state index contributed by atoms with van der Waals surface area (Å²) in [6.07, 6.45) is 1.70. The fourth-order valence-corrected chi connectivity index (χ4v) is 3.94. The van der Waals surface area contributed by atoms with Gasteiger partial charge in [-0.2, -0.15) is 5.11 Å². The lowest BCUT2D eigenvalue weighted by Gasteiger charge is -2.37. The second kappa shape index (κ2) is 8.09. The maximum Gasteiger partial charge on any atom is 0.250 e. The van der Waals surface area contributed by atoms with Gasteiger partial charge in [0, 0.05) is 11.6 Å².